The highest BCUT2D eigenvalue weighted by Crippen LogP contribution is 2.26. The van der Waals surface area contributed by atoms with Gasteiger partial charge >= 0.3 is 0 Å². The third-order valence-corrected chi connectivity index (χ3v) is 3.03. The molecule has 1 aliphatic carbocycles. The van der Waals surface area contributed by atoms with Crippen molar-refractivity contribution in [3.63, 3.8) is 0 Å². The molecular formula is C12H26N2O. The minimum absolute atomic E-state index is 0. The van der Waals surface area contributed by atoms with E-state index in [1.807, 2.05) is 0 Å². The Morgan fingerprint density at radius 2 is 2.07 bits per heavy atom. The molecule has 1 saturated carbocycles. The van der Waals surface area contributed by atoms with Gasteiger partial charge in [-0.25, -0.2) is 0 Å². The second kappa shape index (κ2) is 6.11. The van der Waals surface area contributed by atoms with E-state index in [-0.39, 0.29) is 7.33 Å². The monoisotopic (exact) mass is 214 g/mol. The van der Waals surface area contributed by atoms with Gasteiger partial charge in [0, 0.05) is 20.1 Å². The van der Waals surface area contributed by atoms with Gasteiger partial charge in [0.05, 0.1) is 6.54 Å². The minimum atomic E-state index is 0. The van der Waals surface area contributed by atoms with Crippen LogP contribution < -0.4 is 5.32 Å². The van der Waals surface area contributed by atoms with Crippen LogP contribution in [-0.2, 0) is 4.79 Å². The fourth-order valence-corrected chi connectivity index (χ4v) is 1.96. The highest BCUT2D eigenvalue weighted by atomic mass is 16.2. The van der Waals surface area contributed by atoms with Crippen LogP contribution in [0.3, 0.4) is 0 Å². The van der Waals surface area contributed by atoms with Crippen LogP contribution in [0.5, 0.6) is 0 Å². The van der Waals surface area contributed by atoms with Crippen LogP contribution in [0.2, 0.25) is 0 Å². The number of nitrogens with zero attached hydrogens (tertiary/aromatic N) is 1. The number of carbonyl (C=O) groups is 1. The molecule has 3 heteroatoms. The first kappa shape index (κ1) is 12.5. The van der Waals surface area contributed by atoms with Crippen LogP contribution in [0.4, 0.5) is 0 Å². The maximum absolute atomic E-state index is 11.1. The Labute approximate surface area is 94.7 Å². The molecule has 0 spiro atoms. The van der Waals surface area contributed by atoms with E-state index in [2.05, 4.69) is 31.0 Å². The van der Waals surface area contributed by atoms with Crippen LogP contribution in [0.15, 0.2) is 0 Å². The van der Waals surface area contributed by atoms with E-state index < -0.39 is 0 Å². The quantitative estimate of drug-likeness (QED) is 0.724. The van der Waals surface area contributed by atoms with E-state index in [9.17, 15) is 4.79 Å². The third-order valence-electron chi connectivity index (χ3n) is 3.03. The maximum atomic E-state index is 11.1. The van der Waals surface area contributed by atoms with Gasteiger partial charge in [0.25, 0.3) is 0 Å². The average molecular weight is 214 g/mol. The largest absolute Gasteiger partial charge is 0.353 e. The summed E-state index contributed by atoms with van der Waals surface area (Å²) in [6.07, 6.45) is 5.17. The van der Waals surface area contributed by atoms with Crippen LogP contribution in [0.25, 0.3) is 0 Å². The first-order chi connectivity index (χ1) is 7.19. The zero-order valence-corrected chi connectivity index (χ0v) is 10.3. The third kappa shape index (κ3) is 3.49. The second-order valence-corrected chi connectivity index (χ2v) is 4.62. The van der Waals surface area contributed by atoms with Crippen molar-refractivity contribution in [3.05, 3.63) is 0 Å². The van der Waals surface area contributed by atoms with Gasteiger partial charge in [-0.15, -0.1) is 0 Å². The summed E-state index contributed by atoms with van der Waals surface area (Å²) in [6, 6.07) is 1.24. The highest BCUT2D eigenvalue weighted by molar-refractivity contribution is 5.78. The van der Waals surface area contributed by atoms with Crippen molar-refractivity contribution >= 4 is 5.91 Å². The van der Waals surface area contributed by atoms with Gasteiger partial charge in [0.1, 0.15) is 0 Å². The molecule has 1 atom stereocenters. The topological polar surface area (TPSA) is 32.3 Å². The Hall–Kier alpha value is -0.570. The van der Waals surface area contributed by atoms with Crippen molar-refractivity contribution < 1.29 is 6.22 Å². The fraction of sp³-hybridized carbons (Fsp3) is 0.917. The summed E-state index contributed by atoms with van der Waals surface area (Å²) in [4.78, 5) is 13.5. The number of amides is 1. The Bertz CT molecular complexity index is 205. The summed E-state index contributed by atoms with van der Waals surface area (Å²) >= 11 is 0. The molecule has 2 aliphatic rings. The van der Waals surface area contributed by atoms with E-state index in [1.165, 1.54) is 25.7 Å². The van der Waals surface area contributed by atoms with E-state index >= 15 is 0 Å². The van der Waals surface area contributed by atoms with E-state index in [0.717, 1.165) is 6.54 Å². The molecule has 3 nitrogen and oxygen atoms in total. The normalized spacial score (nSPS) is 27.4. The highest BCUT2D eigenvalue weighted by Gasteiger charge is 2.32. The molecule has 1 N–H and O–H groups in total. The lowest BCUT2D eigenvalue weighted by Gasteiger charge is -2.43. The van der Waals surface area contributed by atoms with Crippen molar-refractivity contribution in [3.8, 4) is 0 Å². The number of piperazine rings is 1. The number of carbonyl (C=O) groups excluding carboxylic acids is 1. The van der Waals surface area contributed by atoms with Gasteiger partial charge in [-0.2, -0.15) is 0 Å². The maximum Gasteiger partial charge on any atom is 0.234 e. The van der Waals surface area contributed by atoms with Crippen LogP contribution in [0, 0.1) is 0 Å². The summed E-state index contributed by atoms with van der Waals surface area (Å²) in [6.45, 7) is 7.89. The van der Waals surface area contributed by atoms with Gasteiger partial charge in [-0.1, -0.05) is 26.7 Å². The molecule has 2 rings (SSSR count). The number of hydrogen-bond acceptors (Lipinski definition) is 2. The van der Waals surface area contributed by atoms with Gasteiger partial charge < -0.3 is 5.32 Å². The van der Waals surface area contributed by atoms with Crippen molar-refractivity contribution in [2.45, 2.75) is 58.5 Å². The van der Waals surface area contributed by atoms with Crippen molar-refractivity contribution in [1.29, 1.82) is 0 Å². The summed E-state index contributed by atoms with van der Waals surface area (Å²) in [5.74, 6) is 0.194. The molecule has 0 aromatic carbocycles. The second-order valence-electron chi connectivity index (χ2n) is 4.62. The first-order valence-electron chi connectivity index (χ1n) is 6.21. The molecular weight excluding hydrogens is 188 g/mol. The zero-order chi connectivity index (χ0) is 11.3. The van der Waals surface area contributed by atoms with Crippen molar-refractivity contribution in [1.82, 2.24) is 10.2 Å². The summed E-state index contributed by atoms with van der Waals surface area (Å²) in [5, 5.41) is 2.88. The minimum Gasteiger partial charge on any atom is -0.353 e. The first-order valence-corrected chi connectivity index (χ1v) is 6.21. The molecule has 0 aromatic rings. The lowest BCUT2D eigenvalue weighted by molar-refractivity contribution is -0.127. The van der Waals surface area contributed by atoms with Crippen LogP contribution in [-0.4, -0.2) is 36.0 Å². The molecule has 15 heavy (non-hydrogen) atoms. The predicted molar refractivity (Wildman–Crippen MR) is 64.9 cm³/mol. The molecule has 2 fully saturated rings. The van der Waals surface area contributed by atoms with Crippen molar-refractivity contribution in [2.24, 2.45) is 0 Å². The Balaban J connectivity index is 0.000000511. The van der Waals surface area contributed by atoms with E-state index in [0.29, 0.717) is 18.6 Å². The Morgan fingerprint density at radius 3 is 2.53 bits per heavy atom. The lowest BCUT2D eigenvalue weighted by atomic mass is 9.90. The molecule has 1 heterocycles. The SMILES string of the molecule is CCC.C[C@H]1CNC(=O)CN1C1CCC1.[HH]. The predicted octanol–water partition coefficient (Wildman–Crippen LogP) is 2.02. The van der Waals surface area contributed by atoms with Crippen molar-refractivity contribution in [2.75, 3.05) is 13.1 Å². The van der Waals surface area contributed by atoms with Gasteiger partial charge in [-0.3, -0.25) is 9.69 Å². The molecule has 1 amide bonds. The standard InChI is InChI=1S/C9H16N2O.C3H8.H2/c1-7-5-10-9(12)6-11(7)8-3-2-4-8;1-3-2;/h7-8H,2-6H2,1H3,(H,10,12);3H2,1-2H3;1H/t7-;;/m0../s1. The molecule has 0 bridgehead atoms. The summed E-state index contributed by atoms with van der Waals surface area (Å²) in [7, 11) is 0. The van der Waals surface area contributed by atoms with Gasteiger partial charge in [0.2, 0.25) is 5.91 Å². The summed E-state index contributed by atoms with van der Waals surface area (Å²) in [5.41, 5.74) is 0. The van der Waals surface area contributed by atoms with E-state index in [4.69, 9.17) is 0 Å². The molecule has 0 unspecified atom stereocenters. The average Bonchev–Trinajstić information content (AvgIpc) is 2.10. The smallest absolute Gasteiger partial charge is 0.234 e. The lowest BCUT2D eigenvalue weighted by Crippen LogP contribution is -2.58. The van der Waals surface area contributed by atoms with Gasteiger partial charge in [0.15, 0.2) is 0 Å². The summed E-state index contributed by atoms with van der Waals surface area (Å²) < 4.78 is 0. The number of rotatable bonds is 1. The molecule has 0 radical (unpaired) electrons. The van der Waals surface area contributed by atoms with Gasteiger partial charge in [-0.05, 0) is 19.8 Å². The number of hydrogen-bond donors (Lipinski definition) is 1. The molecule has 0 aromatic heterocycles. The number of nitrogens with one attached hydrogen (secondary N) is 1. The molecule has 90 valence electrons. The van der Waals surface area contributed by atoms with E-state index in [1.54, 1.807) is 0 Å². The molecule has 1 saturated heterocycles. The van der Waals surface area contributed by atoms with Crippen LogP contribution >= 0.6 is 0 Å². The Morgan fingerprint density at radius 1 is 1.47 bits per heavy atom. The fourth-order valence-electron chi connectivity index (χ4n) is 1.96. The molecule has 1 aliphatic heterocycles. The van der Waals surface area contributed by atoms with Crippen LogP contribution in [0.1, 0.15) is 47.9 Å². The zero-order valence-electron chi connectivity index (χ0n) is 10.3. The Kier molecular flexibility index (Phi) is 5.09.